The number of alkyl halides is 1. The number of carbonyl (C=O) groups excluding carboxylic acids is 1. The van der Waals surface area contributed by atoms with Gasteiger partial charge in [-0.2, -0.15) is 0 Å². The molecule has 14 heavy (non-hydrogen) atoms. The van der Waals surface area contributed by atoms with E-state index in [1.807, 2.05) is 18.4 Å². The summed E-state index contributed by atoms with van der Waals surface area (Å²) < 4.78 is 0. The highest BCUT2D eigenvalue weighted by Crippen LogP contribution is 2.21. The predicted molar refractivity (Wildman–Crippen MR) is 62.3 cm³/mol. The number of thioether (sulfide) groups is 1. The molecule has 0 saturated heterocycles. The fourth-order valence-electron chi connectivity index (χ4n) is 1.11. The number of rotatable bonds is 3. The average molecular weight is 230 g/mol. The van der Waals surface area contributed by atoms with Gasteiger partial charge in [0.1, 0.15) is 0 Å². The number of nitrogens with two attached hydrogens (primary N) is 1. The lowest BCUT2D eigenvalue weighted by Gasteiger charge is -2.06. The van der Waals surface area contributed by atoms with Crippen LogP contribution in [-0.2, 0) is 0 Å². The minimum Gasteiger partial charge on any atom is -0.399 e. The summed E-state index contributed by atoms with van der Waals surface area (Å²) in [6.07, 6.45) is 1.94. The van der Waals surface area contributed by atoms with Crippen LogP contribution in [0.1, 0.15) is 17.3 Å². The van der Waals surface area contributed by atoms with Crippen molar-refractivity contribution in [3.8, 4) is 0 Å². The number of halogens is 1. The van der Waals surface area contributed by atoms with Crippen LogP contribution >= 0.6 is 23.4 Å². The summed E-state index contributed by atoms with van der Waals surface area (Å²) in [6, 6.07) is 5.30. The first kappa shape index (κ1) is 11.4. The SMILES string of the molecule is CSc1cc(N)cc(C(=O)C(C)Cl)c1. The number of nitrogen functional groups attached to an aromatic ring is 1. The number of anilines is 1. The Hall–Kier alpha value is -0.670. The summed E-state index contributed by atoms with van der Waals surface area (Å²) in [5, 5.41) is -0.508. The van der Waals surface area contributed by atoms with E-state index in [1.54, 1.807) is 24.8 Å². The van der Waals surface area contributed by atoms with Crippen molar-refractivity contribution in [1.29, 1.82) is 0 Å². The van der Waals surface area contributed by atoms with Gasteiger partial charge in [-0.25, -0.2) is 0 Å². The third-order valence-electron chi connectivity index (χ3n) is 1.81. The minimum atomic E-state index is -0.508. The molecule has 2 nitrogen and oxygen atoms in total. The zero-order chi connectivity index (χ0) is 10.7. The van der Waals surface area contributed by atoms with Gasteiger partial charge in [0.15, 0.2) is 5.78 Å². The molecule has 4 heteroatoms. The van der Waals surface area contributed by atoms with Gasteiger partial charge in [-0.05, 0) is 31.4 Å². The largest absolute Gasteiger partial charge is 0.399 e. The molecule has 2 N–H and O–H groups in total. The third-order valence-corrected chi connectivity index (χ3v) is 2.72. The summed E-state index contributed by atoms with van der Waals surface area (Å²) >= 11 is 7.26. The Morgan fingerprint density at radius 3 is 2.64 bits per heavy atom. The predicted octanol–water partition coefficient (Wildman–Crippen LogP) is 2.80. The number of carbonyl (C=O) groups is 1. The molecule has 1 unspecified atom stereocenters. The Kier molecular flexibility index (Phi) is 3.84. The van der Waals surface area contributed by atoms with Crippen LogP contribution in [0.4, 0.5) is 5.69 Å². The molecule has 1 rings (SSSR count). The maximum Gasteiger partial charge on any atom is 0.180 e. The standard InChI is InChI=1S/C10H12ClNOS/c1-6(11)10(13)7-3-8(12)5-9(4-7)14-2/h3-6H,12H2,1-2H3. The lowest BCUT2D eigenvalue weighted by Crippen LogP contribution is -2.10. The molecule has 0 amide bonds. The van der Waals surface area contributed by atoms with Crippen LogP contribution in [0, 0.1) is 0 Å². The van der Waals surface area contributed by atoms with Gasteiger partial charge in [0.25, 0.3) is 0 Å². The molecule has 0 spiro atoms. The first-order valence-electron chi connectivity index (χ1n) is 4.17. The van der Waals surface area contributed by atoms with Gasteiger partial charge < -0.3 is 5.73 Å². The smallest absolute Gasteiger partial charge is 0.180 e. The summed E-state index contributed by atoms with van der Waals surface area (Å²) in [5.41, 5.74) is 6.84. The van der Waals surface area contributed by atoms with Gasteiger partial charge in [0.2, 0.25) is 0 Å². The molecule has 1 aromatic carbocycles. The lowest BCUT2D eigenvalue weighted by atomic mass is 10.1. The molecule has 76 valence electrons. The monoisotopic (exact) mass is 229 g/mol. The first-order chi connectivity index (χ1) is 6.54. The van der Waals surface area contributed by atoms with Gasteiger partial charge in [-0.3, -0.25) is 4.79 Å². The maximum absolute atomic E-state index is 11.6. The molecule has 0 heterocycles. The van der Waals surface area contributed by atoms with Crippen LogP contribution in [0.25, 0.3) is 0 Å². The fraction of sp³-hybridized carbons (Fsp3) is 0.300. The molecule has 0 bridgehead atoms. The van der Waals surface area contributed by atoms with Gasteiger partial charge in [0.05, 0.1) is 5.38 Å². The van der Waals surface area contributed by atoms with Crippen LogP contribution in [0.2, 0.25) is 0 Å². The van der Waals surface area contributed by atoms with E-state index in [2.05, 4.69) is 0 Å². The van der Waals surface area contributed by atoms with E-state index in [-0.39, 0.29) is 5.78 Å². The number of hydrogen-bond acceptors (Lipinski definition) is 3. The average Bonchev–Trinajstić information content (AvgIpc) is 2.15. The van der Waals surface area contributed by atoms with Crippen molar-refractivity contribution in [1.82, 2.24) is 0 Å². The number of benzene rings is 1. The second-order valence-corrected chi connectivity index (χ2v) is 4.51. The van der Waals surface area contributed by atoms with E-state index in [0.717, 1.165) is 4.90 Å². The highest BCUT2D eigenvalue weighted by molar-refractivity contribution is 7.98. The molecule has 0 fully saturated rings. The Morgan fingerprint density at radius 2 is 2.14 bits per heavy atom. The summed E-state index contributed by atoms with van der Waals surface area (Å²) in [4.78, 5) is 12.5. The van der Waals surface area contributed by atoms with Crippen molar-refractivity contribution in [3.05, 3.63) is 23.8 Å². The molecule has 0 aliphatic carbocycles. The van der Waals surface area contributed by atoms with Gasteiger partial charge >= 0.3 is 0 Å². The molecule has 1 atom stereocenters. The van der Waals surface area contributed by atoms with Crippen molar-refractivity contribution in [2.75, 3.05) is 12.0 Å². The van der Waals surface area contributed by atoms with Gasteiger partial charge in [-0.1, -0.05) is 0 Å². The van der Waals surface area contributed by atoms with E-state index in [0.29, 0.717) is 11.3 Å². The Labute approximate surface area is 92.8 Å². The molecule has 1 aromatic rings. The van der Waals surface area contributed by atoms with Crippen molar-refractivity contribution < 1.29 is 4.79 Å². The van der Waals surface area contributed by atoms with Gasteiger partial charge in [-0.15, -0.1) is 23.4 Å². The topological polar surface area (TPSA) is 43.1 Å². The minimum absolute atomic E-state index is 0.0886. The molecule has 0 saturated carbocycles. The van der Waals surface area contributed by atoms with Crippen molar-refractivity contribution in [2.24, 2.45) is 0 Å². The van der Waals surface area contributed by atoms with E-state index in [9.17, 15) is 4.79 Å². The fourth-order valence-corrected chi connectivity index (χ4v) is 1.74. The number of Topliss-reactive ketones (excluding diaryl/α,β-unsaturated/α-hetero) is 1. The van der Waals surface area contributed by atoms with E-state index in [4.69, 9.17) is 17.3 Å². The zero-order valence-corrected chi connectivity index (χ0v) is 9.65. The second-order valence-electron chi connectivity index (χ2n) is 2.98. The molecule has 0 aromatic heterocycles. The zero-order valence-electron chi connectivity index (χ0n) is 8.08. The van der Waals surface area contributed by atoms with Crippen LogP contribution in [0.5, 0.6) is 0 Å². The van der Waals surface area contributed by atoms with Crippen LogP contribution in [-0.4, -0.2) is 17.4 Å². The Bertz CT molecular complexity index is 352. The highest BCUT2D eigenvalue weighted by atomic mass is 35.5. The normalized spacial score (nSPS) is 12.5. The van der Waals surface area contributed by atoms with Crippen LogP contribution in [0.15, 0.2) is 23.1 Å². The molecular weight excluding hydrogens is 218 g/mol. The molecular formula is C10H12ClNOS. The first-order valence-corrected chi connectivity index (χ1v) is 5.83. The Morgan fingerprint density at radius 1 is 1.50 bits per heavy atom. The van der Waals surface area contributed by atoms with Crippen molar-refractivity contribution in [3.63, 3.8) is 0 Å². The van der Waals surface area contributed by atoms with E-state index >= 15 is 0 Å². The number of ketones is 1. The quantitative estimate of drug-likeness (QED) is 0.375. The summed E-state index contributed by atoms with van der Waals surface area (Å²) in [7, 11) is 0. The third kappa shape index (κ3) is 2.66. The summed E-state index contributed by atoms with van der Waals surface area (Å²) in [6.45, 7) is 1.66. The van der Waals surface area contributed by atoms with E-state index in [1.165, 1.54) is 0 Å². The summed E-state index contributed by atoms with van der Waals surface area (Å²) in [5.74, 6) is -0.0886. The number of hydrogen-bond donors (Lipinski definition) is 1. The molecule has 0 radical (unpaired) electrons. The molecule has 0 aliphatic heterocycles. The van der Waals surface area contributed by atoms with Crippen LogP contribution in [0.3, 0.4) is 0 Å². The maximum atomic E-state index is 11.6. The lowest BCUT2D eigenvalue weighted by molar-refractivity contribution is 0.0991. The second kappa shape index (κ2) is 4.71. The van der Waals surface area contributed by atoms with Crippen molar-refractivity contribution in [2.45, 2.75) is 17.2 Å². The van der Waals surface area contributed by atoms with E-state index < -0.39 is 5.38 Å². The Balaban J connectivity index is 3.09. The highest BCUT2D eigenvalue weighted by Gasteiger charge is 2.13. The van der Waals surface area contributed by atoms with Gasteiger partial charge in [0, 0.05) is 16.1 Å². The van der Waals surface area contributed by atoms with Crippen LogP contribution < -0.4 is 5.73 Å². The molecule has 0 aliphatic rings. The van der Waals surface area contributed by atoms with Crippen molar-refractivity contribution >= 4 is 34.8 Å².